The summed E-state index contributed by atoms with van der Waals surface area (Å²) in [5.41, 5.74) is 0. The smallest absolute Gasteiger partial charge is 0.0701 e. The molecule has 8 nitrogen and oxygen atoms in total. The minimum atomic E-state index is 0.611. The van der Waals surface area contributed by atoms with Gasteiger partial charge >= 0.3 is 0 Å². The van der Waals surface area contributed by atoms with E-state index < -0.39 is 0 Å². The predicted octanol–water partition coefficient (Wildman–Crippen LogP) is 0.379. The highest BCUT2D eigenvalue weighted by Gasteiger charge is 1.95. The number of hydrogen-bond acceptors (Lipinski definition) is 8. The highest BCUT2D eigenvalue weighted by Crippen LogP contribution is 1.86. The molecule has 24 heavy (non-hydrogen) atoms. The van der Waals surface area contributed by atoms with Crippen LogP contribution in [0.1, 0.15) is 0 Å². The van der Waals surface area contributed by atoms with Gasteiger partial charge in [-0.25, -0.2) is 0 Å². The molecule has 0 atom stereocenters. The molecule has 1 aliphatic rings. The maximum absolute atomic E-state index is 5.28. The SMILES string of the molecule is C1COCCOCCOCCOCCO1.COCCOCCOC. The van der Waals surface area contributed by atoms with Gasteiger partial charge in [0, 0.05) is 14.2 Å². The van der Waals surface area contributed by atoms with E-state index in [0.717, 1.165) is 0 Å². The molecule has 0 spiro atoms. The molecule has 0 bridgehead atoms. The first-order chi connectivity index (χ1) is 11.9. The van der Waals surface area contributed by atoms with E-state index >= 15 is 0 Å². The number of rotatable bonds is 6. The molecule has 0 amide bonds. The second-order valence-electron chi connectivity index (χ2n) is 4.66. The van der Waals surface area contributed by atoms with Gasteiger partial charge in [-0.2, -0.15) is 0 Å². The first-order valence-corrected chi connectivity index (χ1v) is 8.36. The van der Waals surface area contributed by atoms with Gasteiger partial charge in [-0.15, -0.1) is 0 Å². The molecular formula is C16H34O8. The molecule has 8 heteroatoms. The first kappa shape index (κ1) is 23.7. The van der Waals surface area contributed by atoms with E-state index in [2.05, 4.69) is 0 Å². The molecule has 146 valence electrons. The Balaban J connectivity index is 0.000000506. The highest BCUT2D eigenvalue weighted by atomic mass is 16.6. The molecule has 0 aromatic rings. The van der Waals surface area contributed by atoms with Gasteiger partial charge in [0.05, 0.1) is 92.5 Å². The van der Waals surface area contributed by atoms with Crippen LogP contribution < -0.4 is 0 Å². The van der Waals surface area contributed by atoms with Gasteiger partial charge in [0.15, 0.2) is 0 Å². The number of methoxy groups -OCH3 is 2. The molecule has 0 unspecified atom stereocenters. The molecule has 1 rings (SSSR count). The van der Waals surface area contributed by atoms with Gasteiger partial charge in [-0.1, -0.05) is 0 Å². The molecule has 1 saturated heterocycles. The summed E-state index contributed by atoms with van der Waals surface area (Å²) in [4.78, 5) is 0. The fraction of sp³-hybridized carbons (Fsp3) is 1.00. The van der Waals surface area contributed by atoms with Crippen LogP contribution >= 0.6 is 0 Å². The Hall–Kier alpha value is -0.320. The lowest BCUT2D eigenvalue weighted by Gasteiger charge is -2.05. The normalized spacial score (nSPS) is 18.8. The fourth-order valence-electron chi connectivity index (χ4n) is 1.49. The van der Waals surface area contributed by atoms with E-state index in [9.17, 15) is 0 Å². The van der Waals surface area contributed by atoms with Crippen molar-refractivity contribution in [1.82, 2.24) is 0 Å². The molecule has 0 aromatic carbocycles. The van der Waals surface area contributed by atoms with E-state index in [4.69, 9.17) is 37.9 Å². The summed E-state index contributed by atoms with van der Waals surface area (Å²) in [6.07, 6.45) is 0. The van der Waals surface area contributed by atoms with Crippen LogP contribution in [0.15, 0.2) is 0 Å². The Morgan fingerprint density at radius 2 is 0.708 bits per heavy atom. The zero-order chi connectivity index (χ0) is 17.6. The zero-order valence-electron chi connectivity index (χ0n) is 15.2. The summed E-state index contributed by atoms with van der Waals surface area (Å²) in [5, 5.41) is 0. The van der Waals surface area contributed by atoms with Crippen molar-refractivity contribution < 1.29 is 37.9 Å². The van der Waals surface area contributed by atoms with Crippen molar-refractivity contribution in [3.63, 3.8) is 0 Å². The van der Waals surface area contributed by atoms with Gasteiger partial charge in [0.25, 0.3) is 0 Å². The summed E-state index contributed by atoms with van der Waals surface area (Å²) in [6.45, 7) is 8.73. The van der Waals surface area contributed by atoms with Crippen molar-refractivity contribution in [3.8, 4) is 0 Å². The quantitative estimate of drug-likeness (QED) is 0.634. The van der Waals surface area contributed by atoms with Crippen molar-refractivity contribution in [1.29, 1.82) is 0 Å². The highest BCUT2D eigenvalue weighted by molar-refractivity contribution is 4.38. The van der Waals surface area contributed by atoms with Crippen LogP contribution in [0.25, 0.3) is 0 Å². The van der Waals surface area contributed by atoms with E-state index in [1.807, 2.05) is 0 Å². The molecule has 0 N–H and O–H groups in total. The lowest BCUT2D eigenvalue weighted by molar-refractivity contribution is 0.00206. The monoisotopic (exact) mass is 354 g/mol. The predicted molar refractivity (Wildman–Crippen MR) is 88.7 cm³/mol. The molecule has 1 fully saturated rings. The lowest BCUT2D eigenvalue weighted by Crippen LogP contribution is -2.12. The minimum Gasteiger partial charge on any atom is -0.382 e. The van der Waals surface area contributed by atoms with E-state index in [1.54, 1.807) is 14.2 Å². The van der Waals surface area contributed by atoms with Crippen LogP contribution in [0.5, 0.6) is 0 Å². The maximum Gasteiger partial charge on any atom is 0.0701 e. The van der Waals surface area contributed by atoms with Crippen molar-refractivity contribution in [2.75, 3.05) is 107 Å². The van der Waals surface area contributed by atoms with Crippen molar-refractivity contribution >= 4 is 0 Å². The molecular weight excluding hydrogens is 320 g/mol. The topological polar surface area (TPSA) is 73.8 Å². The molecule has 0 radical (unpaired) electrons. The Bertz CT molecular complexity index is 154. The maximum atomic E-state index is 5.28. The van der Waals surface area contributed by atoms with Gasteiger partial charge in [0.2, 0.25) is 0 Å². The van der Waals surface area contributed by atoms with Crippen LogP contribution in [-0.2, 0) is 37.9 Å². The Labute approximate surface area is 145 Å². The summed E-state index contributed by atoms with van der Waals surface area (Å²) in [7, 11) is 3.30. The van der Waals surface area contributed by atoms with Crippen LogP contribution in [0.3, 0.4) is 0 Å². The van der Waals surface area contributed by atoms with Crippen LogP contribution in [0.2, 0.25) is 0 Å². The van der Waals surface area contributed by atoms with E-state index in [0.29, 0.717) is 92.5 Å². The minimum absolute atomic E-state index is 0.611. The van der Waals surface area contributed by atoms with E-state index in [1.165, 1.54) is 0 Å². The van der Waals surface area contributed by atoms with Crippen LogP contribution in [0, 0.1) is 0 Å². The summed E-state index contributed by atoms with van der Waals surface area (Å²) < 4.78 is 41.0. The van der Waals surface area contributed by atoms with Gasteiger partial charge in [-0.3, -0.25) is 0 Å². The lowest BCUT2D eigenvalue weighted by atomic mass is 10.7. The van der Waals surface area contributed by atoms with E-state index in [-0.39, 0.29) is 0 Å². The summed E-state index contributed by atoms with van der Waals surface area (Å²) in [6, 6.07) is 0. The molecule has 1 heterocycles. The average molecular weight is 354 g/mol. The average Bonchev–Trinajstić information content (AvgIpc) is 2.61. The van der Waals surface area contributed by atoms with Crippen LogP contribution in [-0.4, -0.2) is 107 Å². The Morgan fingerprint density at radius 3 is 0.917 bits per heavy atom. The second kappa shape index (κ2) is 22.7. The molecule has 0 aliphatic carbocycles. The van der Waals surface area contributed by atoms with Gasteiger partial charge in [-0.05, 0) is 0 Å². The number of hydrogen-bond donors (Lipinski definition) is 0. The summed E-state index contributed by atoms with van der Waals surface area (Å²) in [5.74, 6) is 0. The third-order valence-electron chi connectivity index (χ3n) is 2.72. The Kier molecular flexibility index (Phi) is 22.4. The standard InChI is InChI=1S/C10H20O5.C6H14O3/c1-2-12-5-6-14-9-10-15-8-7-13-4-3-11-1;1-7-3-5-9-6-4-8-2/h1-10H2;3-6H2,1-2H3. The fourth-order valence-corrected chi connectivity index (χ4v) is 1.49. The molecule has 1 aliphatic heterocycles. The Morgan fingerprint density at radius 1 is 0.458 bits per heavy atom. The van der Waals surface area contributed by atoms with Crippen molar-refractivity contribution in [2.45, 2.75) is 0 Å². The van der Waals surface area contributed by atoms with Crippen LogP contribution in [0.4, 0.5) is 0 Å². The van der Waals surface area contributed by atoms with Gasteiger partial charge < -0.3 is 37.9 Å². The van der Waals surface area contributed by atoms with Crippen molar-refractivity contribution in [2.24, 2.45) is 0 Å². The first-order valence-electron chi connectivity index (χ1n) is 8.36. The third kappa shape index (κ3) is 21.7. The zero-order valence-corrected chi connectivity index (χ0v) is 15.2. The second-order valence-corrected chi connectivity index (χ2v) is 4.66. The number of ether oxygens (including phenoxy) is 8. The largest absolute Gasteiger partial charge is 0.382 e. The summed E-state index contributed by atoms with van der Waals surface area (Å²) >= 11 is 0. The molecule has 0 aromatic heterocycles. The third-order valence-corrected chi connectivity index (χ3v) is 2.72. The van der Waals surface area contributed by atoms with Gasteiger partial charge in [0.1, 0.15) is 0 Å². The molecule has 0 saturated carbocycles. The van der Waals surface area contributed by atoms with Crippen molar-refractivity contribution in [3.05, 3.63) is 0 Å².